The fourth-order valence-corrected chi connectivity index (χ4v) is 1.90. The Morgan fingerprint density at radius 3 is 2.38 bits per heavy atom. The molecule has 3 nitrogen and oxygen atoms in total. The predicted molar refractivity (Wildman–Crippen MR) is 69.5 cm³/mol. The lowest BCUT2D eigenvalue weighted by atomic mass is 9.82. The molecule has 0 aromatic carbocycles. The topological polar surface area (TPSA) is 43.8 Å². The average molecular weight is 223 g/mol. The molecule has 0 aliphatic carbocycles. The molecule has 1 heterocycles. The first kappa shape index (κ1) is 13.1. The molecular formula is C13H25N3. The van der Waals surface area contributed by atoms with E-state index in [0.29, 0.717) is 5.92 Å². The van der Waals surface area contributed by atoms with Crippen LogP contribution in [0, 0.1) is 5.92 Å². The van der Waals surface area contributed by atoms with Crippen LogP contribution in [0.1, 0.15) is 52.3 Å². The van der Waals surface area contributed by atoms with Crippen molar-refractivity contribution >= 4 is 5.82 Å². The first-order valence-corrected chi connectivity index (χ1v) is 6.11. The van der Waals surface area contributed by atoms with E-state index in [9.17, 15) is 0 Å². The lowest BCUT2D eigenvalue weighted by Crippen LogP contribution is -2.19. The standard InChI is InChI=1S/C13H25N3/c1-7-13(4,5)11-10(8-9(2)3)12(14)16(6)15-11/h9H,7-8,14H2,1-6H3. The summed E-state index contributed by atoms with van der Waals surface area (Å²) in [5, 5.41) is 4.60. The van der Waals surface area contributed by atoms with Crippen molar-refractivity contribution in [3.63, 3.8) is 0 Å². The van der Waals surface area contributed by atoms with E-state index in [1.165, 1.54) is 11.3 Å². The average Bonchev–Trinajstić information content (AvgIpc) is 2.46. The summed E-state index contributed by atoms with van der Waals surface area (Å²) in [6.45, 7) is 11.1. The number of nitrogen functional groups attached to an aromatic ring is 1. The second kappa shape index (κ2) is 4.48. The number of rotatable bonds is 4. The fraction of sp³-hybridized carbons (Fsp3) is 0.769. The summed E-state index contributed by atoms with van der Waals surface area (Å²) in [5.41, 5.74) is 8.62. The fourth-order valence-electron chi connectivity index (χ4n) is 1.90. The van der Waals surface area contributed by atoms with Gasteiger partial charge in [0.1, 0.15) is 5.82 Å². The minimum atomic E-state index is 0.111. The van der Waals surface area contributed by atoms with E-state index in [1.54, 1.807) is 0 Å². The smallest absolute Gasteiger partial charge is 0.124 e. The number of aromatic nitrogens is 2. The van der Waals surface area contributed by atoms with E-state index in [4.69, 9.17) is 5.73 Å². The molecule has 0 bridgehead atoms. The van der Waals surface area contributed by atoms with Gasteiger partial charge in [-0.3, -0.25) is 4.68 Å². The Hall–Kier alpha value is -0.990. The molecule has 16 heavy (non-hydrogen) atoms. The first-order valence-electron chi connectivity index (χ1n) is 6.11. The number of nitrogens with two attached hydrogens (primary N) is 1. The van der Waals surface area contributed by atoms with Crippen molar-refractivity contribution < 1.29 is 0 Å². The number of aryl methyl sites for hydroxylation is 1. The van der Waals surface area contributed by atoms with Crippen molar-refractivity contribution in [2.75, 3.05) is 5.73 Å². The highest BCUT2D eigenvalue weighted by Gasteiger charge is 2.27. The van der Waals surface area contributed by atoms with E-state index in [-0.39, 0.29) is 5.41 Å². The third-order valence-electron chi connectivity index (χ3n) is 3.33. The molecule has 0 atom stereocenters. The summed E-state index contributed by atoms with van der Waals surface area (Å²) in [6, 6.07) is 0. The van der Waals surface area contributed by atoms with Crippen LogP contribution in [0.3, 0.4) is 0 Å². The SMILES string of the molecule is CCC(C)(C)c1nn(C)c(N)c1CC(C)C. The molecule has 1 aromatic heterocycles. The largest absolute Gasteiger partial charge is 0.384 e. The molecule has 3 heteroatoms. The number of hydrogen-bond donors (Lipinski definition) is 1. The molecule has 0 amide bonds. The quantitative estimate of drug-likeness (QED) is 0.853. The molecule has 0 unspecified atom stereocenters. The minimum Gasteiger partial charge on any atom is -0.384 e. The monoisotopic (exact) mass is 223 g/mol. The van der Waals surface area contributed by atoms with Gasteiger partial charge in [0.2, 0.25) is 0 Å². The zero-order valence-corrected chi connectivity index (χ0v) is 11.5. The van der Waals surface area contributed by atoms with Crippen LogP contribution in [0.4, 0.5) is 5.82 Å². The third kappa shape index (κ3) is 2.39. The Morgan fingerprint density at radius 1 is 1.38 bits per heavy atom. The molecule has 0 saturated carbocycles. The number of hydrogen-bond acceptors (Lipinski definition) is 2. The Bertz CT molecular complexity index is 361. The van der Waals surface area contributed by atoms with Crippen LogP contribution in [0.5, 0.6) is 0 Å². The molecule has 0 saturated heterocycles. The molecule has 0 aliphatic heterocycles. The van der Waals surface area contributed by atoms with Gasteiger partial charge in [0, 0.05) is 18.0 Å². The predicted octanol–water partition coefficient (Wildman–Crippen LogP) is 2.89. The summed E-state index contributed by atoms with van der Waals surface area (Å²) in [7, 11) is 1.92. The van der Waals surface area contributed by atoms with Crippen LogP contribution < -0.4 is 5.73 Å². The molecule has 1 aromatic rings. The van der Waals surface area contributed by atoms with Gasteiger partial charge in [-0.15, -0.1) is 0 Å². The summed E-state index contributed by atoms with van der Waals surface area (Å²) >= 11 is 0. The minimum absolute atomic E-state index is 0.111. The van der Waals surface area contributed by atoms with E-state index >= 15 is 0 Å². The van der Waals surface area contributed by atoms with Crippen LogP contribution in [-0.2, 0) is 18.9 Å². The zero-order valence-electron chi connectivity index (χ0n) is 11.5. The Morgan fingerprint density at radius 2 is 1.94 bits per heavy atom. The second-order valence-corrected chi connectivity index (χ2v) is 5.67. The van der Waals surface area contributed by atoms with Gasteiger partial charge in [-0.05, 0) is 18.8 Å². The Kier molecular flexibility index (Phi) is 3.66. The van der Waals surface area contributed by atoms with Gasteiger partial charge in [0.15, 0.2) is 0 Å². The number of anilines is 1. The van der Waals surface area contributed by atoms with Gasteiger partial charge in [0.05, 0.1) is 5.69 Å². The molecular weight excluding hydrogens is 198 g/mol. The molecule has 92 valence electrons. The van der Waals surface area contributed by atoms with Crippen molar-refractivity contribution in [1.29, 1.82) is 0 Å². The van der Waals surface area contributed by atoms with E-state index < -0.39 is 0 Å². The van der Waals surface area contributed by atoms with Crippen molar-refractivity contribution in [3.8, 4) is 0 Å². The zero-order chi connectivity index (χ0) is 12.5. The van der Waals surface area contributed by atoms with Crippen LogP contribution in [0.2, 0.25) is 0 Å². The number of nitrogens with zero attached hydrogens (tertiary/aromatic N) is 2. The molecule has 0 radical (unpaired) electrons. The summed E-state index contributed by atoms with van der Waals surface area (Å²) in [5.74, 6) is 1.43. The highest BCUT2D eigenvalue weighted by Crippen LogP contribution is 2.32. The van der Waals surface area contributed by atoms with Gasteiger partial charge in [-0.1, -0.05) is 34.6 Å². The van der Waals surface area contributed by atoms with Gasteiger partial charge in [0.25, 0.3) is 0 Å². The van der Waals surface area contributed by atoms with E-state index in [2.05, 4.69) is 39.7 Å². The van der Waals surface area contributed by atoms with Gasteiger partial charge < -0.3 is 5.73 Å². The van der Waals surface area contributed by atoms with Crippen molar-refractivity contribution in [3.05, 3.63) is 11.3 Å². The summed E-state index contributed by atoms with van der Waals surface area (Å²) in [4.78, 5) is 0. The maximum absolute atomic E-state index is 6.10. The summed E-state index contributed by atoms with van der Waals surface area (Å²) in [6.07, 6.45) is 2.09. The third-order valence-corrected chi connectivity index (χ3v) is 3.33. The van der Waals surface area contributed by atoms with Gasteiger partial charge >= 0.3 is 0 Å². The maximum Gasteiger partial charge on any atom is 0.124 e. The van der Waals surface area contributed by atoms with Crippen LogP contribution >= 0.6 is 0 Å². The van der Waals surface area contributed by atoms with E-state index in [0.717, 1.165) is 18.7 Å². The normalized spacial score (nSPS) is 12.4. The van der Waals surface area contributed by atoms with Gasteiger partial charge in [-0.25, -0.2) is 0 Å². The van der Waals surface area contributed by atoms with Crippen LogP contribution in [0.15, 0.2) is 0 Å². The molecule has 2 N–H and O–H groups in total. The van der Waals surface area contributed by atoms with Crippen LogP contribution in [0.25, 0.3) is 0 Å². The highest BCUT2D eigenvalue weighted by molar-refractivity contribution is 5.46. The van der Waals surface area contributed by atoms with Crippen LogP contribution in [-0.4, -0.2) is 9.78 Å². The lowest BCUT2D eigenvalue weighted by Gasteiger charge is -2.22. The summed E-state index contributed by atoms with van der Waals surface area (Å²) < 4.78 is 1.81. The van der Waals surface area contributed by atoms with Gasteiger partial charge in [-0.2, -0.15) is 5.10 Å². The molecule has 0 spiro atoms. The Balaban J connectivity index is 3.23. The van der Waals surface area contributed by atoms with E-state index in [1.807, 2.05) is 11.7 Å². The molecule has 0 fully saturated rings. The highest BCUT2D eigenvalue weighted by atomic mass is 15.3. The van der Waals surface area contributed by atoms with Crippen molar-refractivity contribution in [1.82, 2.24) is 9.78 Å². The first-order chi connectivity index (χ1) is 7.29. The van der Waals surface area contributed by atoms with Crippen molar-refractivity contribution in [2.24, 2.45) is 13.0 Å². The lowest BCUT2D eigenvalue weighted by molar-refractivity contribution is 0.474. The second-order valence-electron chi connectivity index (χ2n) is 5.67. The Labute approximate surface area is 99.0 Å². The van der Waals surface area contributed by atoms with Crippen molar-refractivity contribution in [2.45, 2.75) is 52.9 Å². The maximum atomic E-state index is 6.10. The molecule has 0 aliphatic rings. The molecule has 1 rings (SSSR count).